The van der Waals surface area contributed by atoms with Gasteiger partial charge in [-0.3, -0.25) is 4.99 Å². The second-order valence-electron chi connectivity index (χ2n) is 1.05. The van der Waals surface area contributed by atoms with Gasteiger partial charge in [-0.25, -0.2) is 0 Å². The highest BCUT2D eigenvalue weighted by Crippen LogP contribution is 1.85. The molecule has 0 radical (unpaired) electrons. The first-order chi connectivity index (χ1) is 3.35. The first kappa shape index (κ1) is 7.14. The lowest BCUT2D eigenvalue weighted by Crippen LogP contribution is -1.90. The smallest absolute Gasteiger partial charge is 0.0436 e. The van der Waals surface area contributed by atoms with Crippen LogP contribution >= 0.6 is 22.6 Å². The lowest BCUT2D eigenvalue weighted by Gasteiger charge is -1.85. The summed E-state index contributed by atoms with van der Waals surface area (Å²) in [5.74, 6) is 0. The third-order valence-corrected chi connectivity index (χ3v) is 1.44. The molecule has 0 spiro atoms. The van der Waals surface area contributed by atoms with Gasteiger partial charge in [0, 0.05) is 17.2 Å². The molecule has 0 aliphatic rings. The second kappa shape index (κ2) is 4.30. The van der Waals surface area contributed by atoms with Crippen molar-refractivity contribution in [2.24, 2.45) is 4.99 Å². The lowest BCUT2D eigenvalue weighted by atomic mass is 10.4. The Morgan fingerprint density at radius 2 is 2.57 bits per heavy atom. The van der Waals surface area contributed by atoms with Crippen LogP contribution in [-0.4, -0.2) is 17.2 Å². The maximum atomic E-state index is 3.92. The second-order valence-corrected chi connectivity index (χ2v) is 1.82. The van der Waals surface area contributed by atoms with Crippen LogP contribution in [0, 0.1) is 0 Å². The highest BCUT2D eigenvalue weighted by molar-refractivity contribution is 14.1. The third-order valence-electron chi connectivity index (χ3n) is 0.660. The summed E-state index contributed by atoms with van der Waals surface area (Å²) in [7, 11) is 1.77. The van der Waals surface area contributed by atoms with Crippen LogP contribution in [0.5, 0.6) is 0 Å². The molecule has 0 aromatic heterocycles. The number of allylic oxidation sites excluding steroid dienone is 1. The Hall–Kier alpha value is 0.140. The fourth-order valence-corrected chi connectivity index (χ4v) is 0.858. The molecule has 0 unspecified atom stereocenters. The van der Waals surface area contributed by atoms with Gasteiger partial charge in [0.2, 0.25) is 0 Å². The number of alkyl halides is 1. The van der Waals surface area contributed by atoms with Gasteiger partial charge in [-0.2, -0.15) is 0 Å². The maximum absolute atomic E-state index is 3.92. The molecule has 0 aliphatic carbocycles. The topological polar surface area (TPSA) is 12.4 Å². The summed E-state index contributed by atoms with van der Waals surface area (Å²) < 4.78 is 0.956. The number of rotatable bonds is 2. The van der Waals surface area contributed by atoms with Crippen molar-refractivity contribution in [1.82, 2.24) is 0 Å². The standard InChI is InChI=1S/C5H8IN/c1-3-5(4-6)7-2/h3H,1,4H2,2H3. The average molecular weight is 209 g/mol. The van der Waals surface area contributed by atoms with Crippen LogP contribution in [0.2, 0.25) is 0 Å². The van der Waals surface area contributed by atoms with E-state index in [-0.39, 0.29) is 0 Å². The zero-order chi connectivity index (χ0) is 5.70. The molecule has 0 amide bonds. The minimum atomic E-state index is 0.956. The van der Waals surface area contributed by atoms with Crippen molar-refractivity contribution in [3.05, 3.63) is 12.7 Å². The quantitative estimate of drug-likeness (QED) is 0.372. The Balaban J connectivity index is 3.60. The molecule has 0 aromatic carbocycles. The highest BCUT2D eigenvalue weighted by atomic mass is 127. The highest BCUT2D eigenvalue weighted by Gasteiger charge is 1.81. The minimum Gasteiger partial charge on any atom is -0.292 e. The SMILES string of the molecule is C=CC(CI)=NC. The molecule has 7 heavy (non-hydrogen) atoms. The average Bonchev–Trinajstić information content (AvgIpc) is 1.72. The van der Waals surface area contributed by atoms with E-state index in [1.165, 1.54) is 0 Å². The van der Waals surface area contributed by atoms with Crippen LogP contribution in [0.3, 0.4) is 0 Å². The molecule has 40 valence electrons. The van der Waals surface area contributed by atoms with Gasteiger partial charge in [0.15, 0.2) is 0 Å². The first-order valence-corrected chi connectivity index (χ1v) is 3.51. The van der Waals surface area contributed by atoms with Gasteiger partial charge in [-0.05, 0) is 6.08 Å². The van der Waals surface area contributed by atoms with Gasteiger partial charge < -0.3 is 0 Å². The summed E-state index contributed by atoms with van der Waals surface area (Å²) in [5, 5.41) is 0. The Morgan fingerprint density at radius 1 is 2.00 bits per heavy atom. The predicted molar refractivity (Wildman–Crippen MR) is 42.4 cm³/mol. The van der Waals surface area contributed by atoms with Gasteiger partial charge in [0.1, 0.15) is 0 Å². The van der Waals surface area contributed by atoms with Crippen LogP contribution in [0.4, 0.5) is 0 Å². The van der Waals surface area contributed by atoms with Crippen molar-refractivity contribution < 1.29 is 0 Å². The lowest BCUT2D eigenvalue weighted by molar-refractivity contribution is 1.44. The van der Waals surface area contributed by atoms with Gasteiger partial charge in [-0.1, -0.05) is 29.2 Å². The van der Waals surface area contributed by atoms with E-state index in [4.69, 9.17) is 0 Å². The van der Waals surface area contributed by atoms with Crippen molar-refractivity contribution in [1.29, 1.82) is 0 Å². The van der Waals surface area contributed by atoms with E-state index in [1.54, 1.807) is 13.1 Å². The van der Waals surface area contributed by atoms with E-state index < -0.39 is 0 Å². The molecule has 1 nitrogen and oxygen atoms in total. The number of hydrogen-bond donors (Lipinski definition) is 0. The zero-order valence-electron chi connectivity index (χ0n) is 4.32. The van der Waals surface area contributed by atoms with Crippen LogP contribution in [0.1, 0.15) is 0 Å². The summed E-state index contributed by atoms with van der Waals surface area (Å²) in [6, 6.07) is 0. The van der Waals surface area contributed by atoms with E-state index in [9.17, 15) is 0 Å². The van der Waals surface area contributed by atoms with E-state index in [1.807, 2.05) is 0 Å². The molecule has 0 aromatic rings. The van der Waals surface area contributed by atoms with Crippen LogP contribution in [0.25, 0.3) is 0 Å². The van der Waals surface area contributed by atoms with Gasteiger partial charge in [-0.15, -0.1) is 0 Å². The van der Waals surface area contributed by atoms with Crippen LogP contribution < -0.4 is 0 Å². The van der Waals surface area contributed by atoms with Crippen molar-refractivity contribution in [3.8, 4) is 0 Å². The maximum Gasteiger partial charge on any atom is 0.0436 e. The Labute approximate surface area is 57.7 Å². The third kappa shape index (κ3) is 2.79. The summed E-state index contributed by atoms with van der Waals surface area (Å²) in [6.07, 6.45) is 1.77. The Morgan fingerprint density at radius 3 is 2.57 bits per heavy atom. The molecular formula is C5H8IN. The number of halogens is 1. The molecule has 0 fully saturated rings. The van der Waals surface area contributed by atoms with Gasteiger partial charge in [0.25, 0.3) is 0 Å². The molecular weight excluding hydrogens is 201 g/mol. The molecule has 0 saturated heterocycles. The van der Waals surface area contributed by atoms with Gasteiger partial charge in [0.05, 0.1) is 0 Å². The van der Waals surface area contributed by atoms with E-state index in [2.05, 4.69) is 34.2 Å². The summed E-state index contributed by atoms with van der Waals surface area (Å²) in [6.45, 7) is 3.57. The predicted octanol–water partition coefficient (Wildman–Crippen LogP) is 1.68. The largest absolute Gasteiger partial charge is 0.292 e. The molecule has 0 saturated carbocycles. The number of aliphatic imine (C=N–C) groups is 1. The molecule has 2 heteroatoms. The first-order valence-electron chi connectivity index (χ1n) is 1.99. The van der Waals surface area contributed by atoms with Crippen molar-refractivity contribution in [3.63, 3.8) is 0 Å². The molecule has 0 aliphatic heterocycles. The summed E-state index contributed by atoms with van der Waals surface area (Å²) >= 11 is 2.25. The normalized spacial score (nSPS) is 11.4. The number of hydrogen-bond acceptors (Lipinski definition) is 1. The summed E-state index contributed by atoms with van der Waals surface area (Å²) in [4.78, 5) is 3.92. The molecule has 0 bridgehead atoms. The van der Waals surface area contributed by atoms with E-state index in [0.717, 1.165) is 10.1 Å². The summed E-state index contributed by atoms with van der Waals surface area (Å²) in [5.41, 5.74) is 1.06. The fraction of sp³-hybridized carbons (Fsp3) is 0.400. The van der Waals surface area contributed by atoms with Gasteiger partial charge >= 0.3 is 0 Å². The van der Waals surface area contributed by atoms with Crippen molar-refractivity contribution in [2.45, 2.75) is 0 Å². The molecule has 0 rings (SSSR count). The van der Waals surface area contributed by atoms with E-state index in [0.29, 0.717) is 0 Å². The Bertz CT molecular complexity index is 86.1. The minimum absolute atomic E-state index is 0.956. The molecule has 0 heterocycles. The van der Waals surface area contributed by atoms with Crippen molar-refractivity contribution >= 4 is 28.3 Å². The van der Waals surface area contributed by atoms with Crippen molar-refractivity contribution in [2.75, 3.05) is 11.5 Å². The van der Waals surface area contributed by atoms with Crippen LogP contribution in [-0.2, 0) is 0 Å². The molecule has 0 N–H and O–H groups in total. The van der Waals surface area contributed by atoms with E-state index >= 15 is 0 Å². The molecule has 0 atom stereocenters. The fourth-order valence-electron chi connectivity index (χ4n) is 0.206. The zero-order valence-corrected chi connectivity index (χ0v) is 6.47. The monoisotopic (exact) mass is 209 g/mol. The Kier molecular flexibility index (Phi) is 4.39. The van der Waals surface area contributed by atoms with Crippen LogP contribution in [0.15, 0.2) is 17.6 Å². The number of nitrogens with zero attached hydrogens (tertiary/aromatic N) is 1.